The normalized spacial score (nSPS) is 14.1. The molecule has 0 spiro atoms. The second-order valence-corrected chi connectivity index (χ2v) is 9.36. The number of carbonyl (C=O) groups excluding carboxylic acids is 1. The number of piperazine rings is 1. The molecular formula is C22H24N4O4S2. The number of thiophene rings is 1. The van der Waals surface area contributed by atoms with Gasteiger partial charge in [-0.3, -0.25) is 9.59 Å². The predicted molar refractivity (Wildman–Crippen MR) is 126 cm³/mol. The average Bonchev–Trinajstić information content (AvgIpc) is 3.25. The minimum Gasteiger partial charge on any atom is -0.497 e. The van der Waals surface area contributed by atoms with E-state index in [1.165, 1.54) is 4.88 Å². The minimum absolute atomic E-state index is 0.00152. The third-order valence-corrected chi connectivity index (χ3v) is 7.29. The Morgan fingerprint density at radius 3 is 2.50 bits per heavy atom. The summed E-state index contributed by atoms with van der Waals surface area (Å²) in [5.74, 6) is 0.558. The maximum Gasteiger partial charge on any atom is 0.313 e. The lowest BCUT2D eigenvalue weighted by Gasteiger charge is -2.35. The molecule has 4 rings (SSSR count). The third-order valence-electron chi connectivity index (χ3n) is 5.28. The molecule has 0 atom stereocenters. The highest BCUT2D eigenvalue weighted by Crippen LogP contribution is 2.34. The van der Waals surface area contributed by atoms with Crippen LogP contribution in [0.5, 0.6) is 5.75 Å². The van der Waals surface area contributed by atoms with Gasteiger partial charge in [0.1, 0.15) is 16.4 Å². The number of hydrogen-bond donors (Lipinski definition) is 1. The molecule has 0 unspecified atom stereocenters. The number of thioether (sulfide) groups is 1. The zero-order chi connectivity index (χ0) is 22.7. The zero-order valence-electron chi connectivity index (χ0n) is 17.9. The summed E-state index contributed by atoms with van der Waals surface area (Å²) in [4.78, 5) is 39.2. The molecule has 1 amide bonds. The van der Waals surface area contributed by atoms with Crippen molar-refractivity contribution >= 4 is 51.0 Å². The molecule has 3 heterocycles. The molecule has 0 bridgehead atoms. The molecule has 1 aromatic carbocycles. The van der Waals surface area contributed by atoms with E-state index in [0.29, 0.717) is 36.9 Å². The van der Waals surface area contributed by atoms with Gasteiger partial charge in [0.25, 0.3) is 5.91 Å². The number of ether oxygens (including phenoxy) is 1. The number of aryl methyl sites for hydroxylation is 1. The molecule has 168 valence electrons. The third kappa shape index (κ3) is 4.81. The second kappa shape index (κ2) is 9.74. The summed E-state index contributed by atoms with van der Waals surface area (Å²) < 4.78 is 5.17. The van der Waals surface area contributed by atoms with Crippen LogP contribution in [-0.2, 0) is 11.2 Å². The molecule has 0 saturated carbocycles. The number of carboxylic acids is 1. The number of carbonyl (C=O) groups is 2. The van der Waals surface area contributed by atoms with Crippen molar-refractivity contribution in [3.8, 4) is 5.75 Å². The molecule has 2 aromatic heterocycles. The number of hydrogen-bond acceptors (Lipinski definition) is 8. The summed E-state index contributed by atoms with van der Waals surface area (Å²) in [6, 6.07) is 9.27. The van der Waals surface area contributed by atoms with E-state index in [1.54, 1.807) is 42.7 Å². The lowest BCUT2D eigenvalue weighted by Crippen LogP contribution is -2.49. The van der Waals surface area contributed by atoms with Crippen LogP contribution in [0.1, 0.15) is 22.2 Å². The number of aliphatic carboxylic acids is 1. The predicted octanol–water partition coefficient (Wildman–Crippen LogP) is 3.40. The van der Waals surface area contributed by atoms with Crippen molar-refractivity contribution in [3.05, 3.63) is 40.8 Å². The Bertz CT molecular complexity index is 1120. The standard InChI is InChI=1S/C22H24N4O4S2/c1-3-16-12-17-19(23-22(24-20(17)32-16)31-13-18(27)28)25-8-10-26(11-9-25)21(29)14-4-6-15(30-2)7-5-14/h4-7,12H,3,8-11,13H2,1-2H3,(H,27,28). The van der Waals surface area contributed by atoms with E-state index >= 15 is 0 Å². The maximum absolute atomic E-state index is 12.9. The number of fused-ring (bicyclic) bond motifs is 1. The number of methoxy groups -OCH3 is 1. The molecule has 32 heavy (non-hydrogen) atoms. The summed E-state index contributed by atoms with van der Waals surface area (Å²) >= 11 is 2.74. The van der Waals surface area contributed by atoms with Crippen molar-refractivity contribution < 1.29 is 19.4 Å². The Kier molecular flexibility index (Phi) is 6.80. The van der Waals surface area contributed by atoms with Gasteiger partial charge in [-0.05, 0) is 36.8 Å². The Morgan fingerprint density at radius 1 is 1.16 bits per heavy atom. The van der Waals surface area contributed by atoms with Crippen LogP contribution in [0.2, 0.25) is 0 Å². The summed E-state index contributed by atoms with van der Waals surface area (Å²) in [7, 11) is 1.60. The fraction of sp³-hybridized carbons (Fsp3) is 0.364. The van der Waals surface area contributed by atoms with Gasteiger partial charge < -0.3 is 19.6 Å². The number of carboxylic acid groups (broad SMARTS) is 1. The molecular weight excluding hydrogens is 448 g/mol. The topological polar surface area (TPSA) is 95.9 Å². The Labute approximate surface area is 194 Å². The van der Waals surface area contributed by atoms with E-state index in [0.717, 1.165) is 40.0 Å². The van der Waals surface area contributed by atoms with Gasteiger partial charge in [0, 0.05) is 36.6 Å². The SMILES string of the molecule is CCc1cc2c(N3CCN(C(=O)c4ccc(OC)cc4)CC3)nc(SCC(=O)O)nc2s1. The van der Waals surface area contributed by atoms with E-state index < -0.39 is 5.97 Å². The van der Waals surface area contributed by atoms with Gasteiger partial charge in [-0.15, -0.1) is 11.3 Å². The quantitative estimate of drug-likeness (QED) is 0.413. The van der Waals surface area contributed by atoms with Crippen molar-refractivity contribution in [2.45, 2.75) is 18.5 Å². The van der Waals surface area contributed by atoms with Crippen LogP contribution in [0.15, 0.2) is 35.5 Å². The molecule has 1 aliphatic heterocycles. The highest BCUT2D eigenvalue weighted by Gasteiger charge is 2.25. The van der Waals surface area contributed by atoms with Gasteiger partial charge in [-0.25, -0.2) is 9.97 Å². The van der Waals surface area contributed by atoms with Gasteiger partial charge in [0.05, 0.1) is 18.2 Å². The number of benzene rings is 1. The molecule has 1 fully saturated rings. The lowest BCUT2D eigenvalue weighted by molar-refractivity contribution is -0.133. The van der Waals surface area contributed by atoms with Crippen LogP contribution in [0.4, 0.5) is 5.82 Å². The summed E-state index contributed by atoms with van der Waals surface area (Å²) in [6.07, 6.45) is 0.905. The van der Waals surface area contributed by atoms with Crippen molar-refractivity contribution in [2.24, 2.45) is 0 Å². The molecule has 1 N–H and O–H groups in total. The number of anilines is 1. The van der Waals surface area contributed by atoms with Crippen LogP contribution < -0.4 is 9.64 Å². The minimum atomic E-state index is -0.897. The van der Waals surface area contributed by atoms with Crippen LogP contribution in [0.25, 0.3) is 10.2 Å². The van der Waals surface area contributed by atoms with Crippen LogP contribution >= 0.6 is 23.1 Å². The van der Waals surface area contributed by atoms with Crippen LogP contribution in [0.3, 0.4) is 0 Å². The first-order valence-electron chi connectivity index (χ1n) is 10.3. The largest absolute Gasteiger partial charge is 0.497 e. The van der Waals surface area contributed by atoms with Gasteiger partial charge in [0.2, 0.25) is 0 Å². The van der Waals surface area contributed by atoms with Crippen molar-refractivity contribution in [1.29, 1.82) is 0 Å². The zero-order valence-corrected chi connectivity index (χ0v) is 19.5. The van der Waals surface area contributed by atoms with Crippen molar-refractivity contribution in [2.75, 3.05) is 43.9 Å². The van der Waals surface area contributed by atoms with Crippen molar-refractivity contribution in [3.63, 3.8) is 0 Å². The molecule has 1 saturated heterocycles. The maximum atomic E-state index is 12.9. The van der Waals surface area contributed by atoms with Crippen LogP contribution in [0, 0.1) is 0 Å². The lowest BCUT2D eigenvalue weighted by atomic mass is 10.1. The number of nitrogens with zero attached hydrogens (tertiary/aromatic N) is 4. The molecule has 1 aliphatic rings. The summed E-state index contributed by atoms with van der Waals surface area (Å²) in [6.45, 7) is 4.56. The smallest absolute Gasteiger partial charge is 0.313 e. The fourth-order valence-corrected chi connectivity index (χ4v) is 5.16. The summed E-state index contributed by atoms with van der Waals surface area (Å²) in [5, 5.41) is 10.5. The van der Waals surface area contributed by atoms with E-state index in [9.17, 15) is 9.59 Å². The van der Waals surface area contributed by atoms with E-state index in [4.69, 9.17) is 14.8 Å². The van der Waals surface area contributed by atoms with Crippen LogP contribution in [-0.4, -0.2) is 70.9 Å². The van der Waals surface area contributed by atoms with Gasteiger partial charge >= 0.3 is 5.97 Å². The first-order valence-corrected chi connectivity index (χ1v) is 12.1. The molecule has 0 radical (unpaired) electrons. The Morgan fingerprint density at radius 2 is 1.88 bits per heavy atom. The highest BCUT2D eigenvalue weighted by molar-refractivity contribution is 7.99. The average molecular weight is 473 g/mol. The first-order chi connectivity index (χ1) is 15.5. The molecule has 8 nitrogen and oxygen atoms in total. The Balaban J connectivity index is 1.52. The van der Waals surface area contributed by atoms with E-state index in [1.807, 2.05) is 4.90 Å². The number of amides is 1. The van der Waals surface area contributed by atoms with E-state index in [-0.39, 0.29) is 11.7 Å². The number of rotatable bonds is 7. The number of aromatic nitrogens is 2. The molecule has 3 aromatic rings. The van der Waals surface area contributed by atoms with Gasteiger partial charge in [-0.2, -0.15) is 0 Å². The second-order valence-electron chi connectivity index (χ2n) is 7.31. The van der Waals surface area contributed by atoms with E-state index in [2.05, 4.69) is 22.9 Å². The van der Waals surface area contributed by atoms with Gasteiger partial charge in [-0.1, -0.05) is 18.7 Å². The first kappa shape index (κ1) is 22.3. The molecule has 10 heteroatoms. The summed E-state index contributed by atoms with van der Waals surface area (Å²) in [5.41, 5.74) is 0.640. The fourth-order valence-electron chi connectivity index (χ4n) is 3.58. The highest BCUT2D eigenvalue weighted by atomic mass is 32.2. The monoisotopic (exact) mass is 472 g/mol. The van der Waals surface area contributed by atoms with Gasteiger partial charge in [0.15, 0.2) is 5.16 Å². The Hall–Kier alpha value is -2.85. The van der Waals surface area contributed by atoms with Crippen molar-refractivity contribution in [1.82, 2.24) is 14.9 Å². The molecule has 0 aliphatic carbocycles.